The van der Waals surface area contributed by atoms with Crippen LogP contribution in [0.2, 0.25) is 0 Å². The molecule has 0 bridgehead atoms. The second-order valence-electron chi connectivity index (χ2n) is 2.25. The van der Waals surface area contributed by atoms with Gasteiger partial charge in [0.05, 0.1) is 5.69 Å². The Hall–Kier alpha value is -0.750. The van der Waals surface area contributed by atoms with E-state index in [1.807, 2.05) is 30.3 Å². The fourth-order valence-electron chi connectivity index (χ4n) is 0.943. The molecule has 1 aromatic heterocycles. The number of aromatic amines is 1. The molecule has 1 N–H and O–H groups in total. The summed E-state index contributed by atoms with van der Waals surface area (Å²) in [5.74, 6) is 0. The van der Waals surface area contributed by atoms with Gasteiger partial charge in [0, 0.05) is 0 Å². The first kappa shape index (κ1) is 10.3. The van der Waals surface area contributed by atoms with Gasteiger partial charge in [0.15, 0.2) is 0 Å². The van der Waals surface area contributed by atoms with Crippen LogP contribution in [0, 0.1) is 4.77 Å². The summed E-state index contributed by atoms with van der Waals surface area (Å²) in [6, 6.07) is 9.65. The number of benzene rings is 1. The fraction of sp³-hybridized carbons (Fsp3) is 0. The van der Waals surface area contributed by atoms with E-state index >= 15 is 0 Å². The van der Waals surface area contributed by atoms with Gasteiger partial charge in [-0.1, -0.05) is 28.5 Å². The topological polar surface area (TPSA) is 46.5 Å². The van der Waals surface area contributed by atoms with Crippen molar-refractivity contribution in [3.63, 3.8) is 0 Å². The number of rotatable bonds is 1. The smallest absolute Gasteiger partial charge is 0.210 e. The third kappa shape index (κ3) is 2.13. The molecule has 0 fully saturated rings. The number of para-hydroxylation sites is 1. The van der Waals surface area contributed by atoms with Crippen LogP contribution < -0.4 is 0 Å². The molecule has 2 aromatic rings. The van der Waals surface area contributed by atoms with Crippen molar-refractivity contribution in [2.75, 3.05) is 0 Å². The van der Waals surface area contributed by atoms with Crippen LogP contribution in [0.5, 0.6) is 0 Å². The number of hydrogen-bond donors (Lipinski definition) is 1. The van der Waals surface area contributed by atoms with E-state index in [0.29, 0.717) is 4.77 Å². The summed E-state index contributed by atoms with van der Waals surface area (Å²) < 4.78 is 2.07. The third-order valence-corrected chi connectivity index (χ3v) is 1.75. The molecular weight excluding hydrogens is 280 g/mol. The first-order chi connectivity index (χ1) is 5.88. The molecule has 6 heteroatoms. The molecule has 0 aliphatic carbocycles. The SMILES string of the molecule is S=c1nn[nH]n1-c1ccccc1.[Ag+]. The molecule has 2 rings (SSSR count). The minimum atomic E-state index is 0. The van der Waals surface area contributed by atoms with E-state index in [2.05, 4.69) is 15.5 Å². The number of tetrazole rings is 1. The van der Waals surface area contributed by atoms with Crippen LogP contribution in [-0.2, 0) is 22.4 Å². The Labute approximate surface area is 95.5 Å². The van der Waals surface area contributed by atoms with Crippen molar-refractivity contribution in [2.45, 2.75) is 0 Å². The van der Waals surface area contributed by atoms with Gasteiger partial charge in [-0.3, -0.25) is 0 Å². The number of aromatic nitrogens is 4. The van der Waals surface area contributed by atoms with Gasteiger partial charge in [0.2, 0.25) is 4.77 Å². The van der Waals surface area contributed by atoms with Gasteiger partial charge in [-0.05, 0) is 24.4 Å². The molecule has 1 aromatic carbocycles. The number of H-pyrrole nitrogens is 1. The second kappa shape index (κ2) is 4.48. The van der Waals surface area contributed by atoms with Gasteiger partial charge in [0.1, 0.15) is 0 Å². The molecule has 0 unspecified atom stereocenters. The maximum atomic E-state index is 4.93. The zero-order chi connectivity index (χ0) is 8.39. The first-order valence-electron chi connectivity index (χ1n) is 3.43. The number of hydrogen-bond acceptors (Lipinski definition) is 3. The quantitative estimate of drug-likeness (QED) is 0.635. The summed E-state index contributed by atoms with van der Waals surface area (Å²) in [4.78, 5) is 0. The molecular formula is C7H6AgN4S+. The molecule has 0 aliphatic heterocycles. The van der Waals surface area contributed by atoms with Crippen LogP contribution in [0.3, 0.4) is 0 Å². The minimum absolute atomic E-state index is 0. The normalized spacial score (nSPS) is 9.23. The Morgan fingerprint density at radius 2 is 1.92 bits per heavy atom. The van der Waals surface area contributed by atoms with E-state index in [1.165, 1.54) is 0 Å². The van der Waals surface area contributed by atoms with Crippen molar-refractivity contribution >= 4 is 12.2 Å². The van der Waals surface area contributed by atoms with Crippen molar-refractivity contribution in [1.29, 1.82) is 0 Å². The van der Waals surface area contributed by atoms with E-state index in [4.69, 9.17) is 12.2 Å². The van der Waals surface area contributed by atoms with Crippen molar-refractivity contribution in [3.05, 3.63) is 35.1 Å². The Bertz CT molecular complexity index is 421. The van der Waals surface area contributed by atoms with Gasteiger partial charge >= 0.3 is 22.4 Å². The van der Waals surface area contributed by atoms with Crippen LogP contribution in [0.1, 0.15) is 0 Å². The monoisotopic (exact) mass is 285 g/mol. The van der Waals surface area contributed by atoms with E-state index in [9.17, 15) is 0 Å². The molecule has 0 radical (unpaired) electrons. The molecule has 0 amide bonds. The van der Waals surface area contributed by atoms with Crippen molar-refractivity contribution in [1.82, 2.24) is 20.2 Å². The van der Waals surface area contributed by atoms with Gasteiger partial charge in [0.25, 0.3) is 0 Å². The van der Waals surface area contributed by atoms with Crippen molar-refractivity contribution in [2.24, 2.45) is 0 Å². The van der Waals surface area contributed by atoms with Crippen LogP contribution >= 0.6 is 12.2 Å². The van der Waals surface area contributed by atoms with E-state index < -0.39 is 0 Å². The molecule has 0 atom stereocenters. The molecule has 0 aliphatic rings. The van der Waals surface area contributed by atoms with Gasteiger partial charge in [-0.15, -0.1) is 0 Å². The fourth-order valence-corrected chi connectivity index (χ4v) is 1.13. The molecule has 70 valence electrons. The minimum Gasteiger partial charge on any atom is -0.210 e. The summed E-state index contributed by atoms with van der Waals surface area (Å²) in [5.41, 5.74) is 0.938. The zero-order valence-electron chi connectivity index (χ0n) is 6.44. The summed E-state index contributed by atoms with van der Waals surface area (Å²) in [6.45, 7) is 0. The summed E-state index contributed by atoms with van der Waals surface area (Å²) in [6.07, 6.45) is 0. The van der Waals surface area contributed by atoms with Crippen LogP contribution in [0.4, 0.5) is 0 Å². The standard InChI is InChI=1S/C7H6N4S.Ag/c12-7-8-9-10-11(7)6-4-2-1-3-5-6;/h1-5H,(H,8,10,12);/q;+1. The summed E-state index contributed by atoms with van der Waals surface area (Å²) in [5, 5.41) is 9.92. The Morgan fingerprint density at radius 1 is 1.23 bits per heavy atom. The zero-order valence-corrected chi connectivity index (χ0v) is 8.74. The van der Waals surface area contributed by atoms with Crippen LogP contribution in [0.15, 0.2) is 30.3 Å². The Kier molecular flexibility index (Phi) is 3.56. The maximum Gasteiger partial charge on any atom is 1.00 e. The third-order valence-electron chi connectivity index (χ3n) is 1.49. The average molecular weight is 286 g/mol. The van der Waals surface area contributed by atoms with Crippen molar-refractivity contribution in [3.8, 4) is 5.69 Å². The number of nitrogens with one attached hydrogen (secondary N) is 1. The first-order valence-corrected chi connectivity index (χ1v) is 3.84. The van der Waals surface area contributed by atoms with Crippen LogP contribution in [-0.4, -0.2) is 20.2 Å². The van der Waals surface area contributed by atoms with Gasteiger partial charge in [-0.2, -0.15) is 5.21 Å². The van der Waals surface area contributed by atoms with E-state index in [0.717, 1.165) is 5.69 Å². The Balaban J connectivity index is 0.000000845. The molecule has 13 heavy (non-hydrogen) atoms. The summed E-state index contributed by atoms with van der Waals surface area (Å²) in [7, 11) is 0. The predicted octanol–water partition coefficient (Wildman–Crippen LogP) is 1.32. The molecule has 1 heterocycles. The van der Waals surface area contributed by atoms with E-state index in [1.54, 1.807) is 4.68 Å². The number of nitrogens with zero attached hydrogens (tertiary/aromatic N) is 3. The molecule has 4 nitrogen and oxygen atoms in total. The average Bonchev–Trinajstić information content (AvgIpc) is 2.53. The van der Waals surface area contributed by atoms with Gasteiger partial charge < -0.3 is 0 Å². The van der Waals surface area contributed by atoms with Crippen molar-refractivity contribution < 1.29 is 22.4 Å². The predicted molar refractivity (Wildman–Crippen MR) is 46.5 cm³/mol. The maximum absolute atomic E-state index is 4.93. The molecule has 0 spiro atoms. The summed E-state index contributed by atoms with van der Waals surface area (Å²) >= 11 is 4.93. The Morgan fingerprint density at radius 3 is 2.46 bits per heavy atom. The largest absolute Gasteiger partial charge is 1.00 e. The second-order valence-corrected chi connectivity index (χ2v) is 2.62. The van der Waals surface area contributed by atoms with Crippen LogP contribution in [0.25, 0.3) is 5.69 Å². The van der Waals surface area contributed by atoms with Gasteiger partial charge in [-0.25, -0.2) is 4.68 Å². The van der Waals surface area contributed by atoms with E-state index in [-0.39, 0.29) is 22.4 Å². The molecule has 0 saturated heterocycles. The molecule has 0 saturated carbocycles.